The lowest BCUT2D eigenvalue weighted by atomic mass is 9.68. The first kappa shape index (κ1) is 22.6. The van der Waals surface area contributed by atoms with Gasteiger partial charge in [-0.3, -0.25) is 4.79 Å². The van der Waals surface area contributed by atoms with E-state index in [1.54, 1.807) is 6.33 Å². The smallest absolute Gasteiger partial charge is 0.251 e. The second kappa shape index (κ2) is 8.69. The third-order valence-corrected chi connectivity index (χ3v) is 7.95. The highest BCUT2D eigenvalue weighted by molar-refractivity contribution is 6.29. The fourth-order valence-corrected chi connectivity index (χ4v) is 5.58. The van der Waals surface area contributed by atoms with Crippen LogP contribution in [-0.2, 0) is 36.7 Å². The van der Waals surface area contributed by atoms with E-state index in [4.69, 9.17) is 16.3 Å². The Balaban J connectivity index is 1.36. The molecule has 3 unspecified atom stereocenters. The highest BCUT2D eigenvalue weighted by Crippen LogP contribution is 2.50. The quantitative estimate of drug-likeness (QED) is 0.469. The van der Waals surface area contributed by atoms with Gasteiger partial charge in [0, 0.05) is 38.2 Å². The zero-order valence-electron chi connectivity index (χ0n) is 19.9. The summed E-state index contributed by atoms with van der Waals surface area (Å²) in [5.41, 5.74) is 4.22. The number of hydrogen-bond donors (Lipinski definition) is 2. The standard InChI is InChI=1S/C26H29ClN6O2/c1-15(17-3-4-17)28-11-16-7-21(31-22(27)8-16)24-26(13-35-24,10-23-32-30-14-33(23)2)19-6-5-18-12-29-25(34)20(18)9-19/h5-9,14-15,17,24,28H,3-4,10-13H2,1-2H3,(H,29,34). The largest absolute Gasteiger partial charge is 0.370 e. The first-order chi connectivity index (χ1) is 16.9. The molecule has 6 rings (SSSR count). The van der Waals surface area contributed by atoms with Gasteiger partial charge >= 0.3 is 0 Å². The molecule has 1 saturated carbocycles. The molecule has 3 atom stereocenters. The van der Waals surface area contributed by atoms with Crippen LogP contribution in [0.1, 0.15) is 64.4 Å². The van der Waals surface area contributed by atoms with Gasteiger partial charge in [0.1, 0.15) is 23.4 Å². The topological polar surface area (TPSA) is 94.0 Å². The maximum atomic E-state index is 12.4. The van der Waals surface area contributed by atoms with E-state index in [0.29, 0.717) is 30.8 Å². The lowest BCUT2D eigenvalue weighted by molar-refractivity contribution is -0.146. The van der Waals surface area contributed by atoms with Crippen molar-refractivity contribution in [1.29, 1.82) is 0 Å². The molecular formula is C26H29ClN6O2. The van der Waals surface area contributed by atoms with Gasteiger partial charge in [-0.25, -0.2) is 4.98 Å². The van der Waals surface area contributed by atoms with Crippen molar-refractivity contribution in [2.45, 2.75) is 56.8 Å². The summed E-state index contributed by atoms with van der Waals surface area (Å²) >= 11 is 6.49. The first-order valence-electron chi connectivity index (χ1n) is 12.2. The Labute approximate surface area is 209 Å². The Bertz CT molecular complexity index is 1290. The summed E-state index contributed by atoms with van der Waals surface area (Å²) in [6.45, 7) is 4.03. The monoisotopic (exact) mass is 492 g/mol. The third kappa shape index (κ3) is 4.13. The van der Waals surface area contributed by atoms with Gasteiger partial charge in [-0.05, 0) is 60.6 Å². The molecule has 2 aliphatic heterocycles. The van der Waals surface area contributed by atoms with E-state index in [-0.39, 0.29) is 12.0 Å². The van der Waals surface area contributed by atoms with Crippen LogP contribution in [0.2, 0.25) is 5.15 Å². The molecule has 2 fully saturated rings. The molecule has 3 aromatic rings. The number of rotatable bonds is 8. The minimum atomic E-state index is -0.442. The maximum Gasteiger partial charge on any atom is 0.251 e. The minimum Gasteiger partial charge on any atom is -0.370 e. The Kier molecular flexibility index (Phi) is 5.62. The van der Waals surface area contributed by atoms with Gasteiger partial charge in [-0.15, -0.1) is 10.2 Å². The molecule has 0 bridgehead atoms. The molecule has 1 aliphatic carbocycles. The molecular weight excluding hydrogens is 464 g/mol. The molecule has 4 heterocycles. The van der Waals surface area contributed by atoms with Crippen LogP contribution in [0.15, 0.2) is 36.7 Å². The molecule has 3 aliphatic rings. The van der Waals surface area contributed by atoms with Crippen LogP contribution in [-0.4, -0.2) is 38.3 Å². The maximum absolute atomic E-state index is 12.4. The van der Waals surface area contributed by atoms with E-state index in [2.05, 4.69) is 44.9 Å². The third-order valence-electron chi connectivity index (χ3n) is 7.76. The minimum absolute atomic E-state index is 0.0357. The van der Waals surface area contributed by atoms with Gasteiger partial charge in [0.15, 0.2) is 0 Å². The van der Waals surface area contributed by atoms with Crippen molar-refractivity contribution >= 4 is 17.5 Å². The molecule has 9 heteroatoms. The number of hydrogen-bond acceptors (Lipinski definition) is 6. The number of amides is 1. The summed E-state index contributed by atoms with van der Waals surface area (Å²) < 4.78 is 8.13. The number of fused-ring (bicyclic) bond motifs is 1. The van der Waals surface area contributed by atoms with E-state index in [1.807, 2.05) is 29.8 Å². The number of carbonyl (C=O) groups is 1. The van der Waals surface area contributed by atoms with E-state index < -0.39 is 5.41 Å². The van der Waals surface area contributed by atoms with E-state index in [0.717, 1.165) is 46.2 Å². The second-order valence-corrected chi connectivity index (χ2v) is 10.6. The van der Waals surface area contributed by atoms with Gasteiger partial charge in [0.2, 0.25) is 0 Å². The number of carbonyl (C=O) groups excluding carboxylic acids is 1. The van der Waals surface area contributed by atoms with Crippen molar-refractivity contribution in [3.05, 3.63) is 75.6 Å². The predicted octanol–water partition coefficient (Wildman–Crippen LogP) is 3.25. The van der Waals surface area contributed by atoms with Crippen molar-refractivity contribution in [2.24, 2.45) is 13.0 Å². The van der Waals surface area contributed by atoms with Gasteiger partial charge in [0.05, 0.1) is 17.7 Å². The fourth-order valence-electron chi connectivity index (χ4n) is 5.34. The Morgan fingerprint density at radius 3 is 2.89 bits per heavy atom. The number of aromatic nitrogens is 4. The summed E-state index contributed by atoms with van der Waals surface area (Å²) in [7, 11) is 1.94. The molecule has 8 nitrogen and oxygen atoms in total. The normalized spacial score (nSPS) is 24.1. The average molecular weight is 493 g/mol. The lowest BCUT2D eigenvalue weighted by Gasteiger charge is -2.49. The van der Waals surface area contributed by atoms with Crippen LogP contribution in [0, 0.1) is 5.92 Å². The SMILES string of the molecule is CC(NCc1cc(Cl)nc(C2OCC2(Cc2nncn2C)c2ccc3c(c2)C(=O)NC3)c1)C1CC1. The van der Waals surface area contributed by atoms with Crippen LogP contribution in [0.25, 0.3) is 0 Å². The molecule has 2 N–H and O–H groups in total. The number of nitrogens with zero attached hydrogens (tertiary/aromatic N) is 4. The average Bonchev–Trinajstić information content (AvgIpc) is 3.51. The lowest BCUT2D eigenvalue weighted by Crippen LogP contribution is -2.52. The summed E-state index contributed by atoms with van der Waals surface area (Å²) in [6, 6.07) is 10.6. The Morgan fingerprint density at radius 1 is 1.31 bits per heavy atom. The number of benzene rings is 1. The number of ether oxygens (including phenoxy) is 1. The van der Waals surface area contributed by atoms with Gasteiger partial charge in [0.25, 0.3) is 5.91 Å². The molecule has 0 spiro atoms. The summed E-state index contributed by atoms with van der Waals surface area (Å²) in [5.74, 6) is 1.59. The van der Waals surface area contributed by atoms with Crippen molar-refractivity contribution < 1.29 is 9.53 Å². The molecule has 2 aromatic heterocycles. The van der Waals surface area contributed by atoms with Gasteiger partial charge < -0.3 is 19.9 Å². The Morgan fingerprint density at radius 2 is 2.17 bits per heavy atom. The van der Waals surface area contributed by atoms with Crippen LogP contribution >= 0.6 is 11.6 Å². The van der Waals surface area contributed by atoms with Crippen molar-refractivity contribution in [1.82, 2.24) is 30.4 Å². The molecule has 1 amide bonds. The second-order valence-electron chi connectivity index (χ2n) is 10.2. The van der Waals surface area contributed by atoms with E-state index >= 15 is 0 Å². The highest BCUT2D eigenvalue weighted by atomic mass is 35.5. The molecule has 0 radical (unpaired) electrons. The van der Waals surface area contributed by atoms with Crippen molar-refractivity contribution in [3.8, 4) is 0 Å². The zero-order valence-corrected chi connectivity index (χ0v) is 20.7. The van der Waals surface area contributed by atoms with E-state index in [9.17, 15) is 4.79 Å². The van der Waals surface area contributed by atoms with Crippen LogP contribution in [0.3, 0.4) is 0 Å². The van der Waals surface area contributed by atoms with Crippen molar-refractivity contribution in [3.63, 3.8) is 0 Å². The first-order valence-corrected chi connectivity index (χ1v) is 12.6. The number of aryl methyl sites for hydroxylation is 1. The zero-order chi connectivity index (χ0) is 24.2. The number of halogens is 1. The number of pyridine rings is 1. The van der Waals surface area contributed by atoms with Gasteiger partial charge in [-0.1, -0.05) is 23.7 Å². The van der Waals surface area contributed by atoms with Crippen LogP contribution in [0.4, 0.5) is 0 Å². The Hall–Kier alpha value is -2.81. The molecule has 35 heavy (non-hydrogen) atoms. The molecule has 1 aromatic carbocycles. The summed E-state index contributed by atoms with van der Waals surface area (Å²) in [5, 5.41) is 15.4. The fraction of sp³-hybridized carbons (Fsp3) is 0.462. The highest BCUT2D eigenvalue weighted by Gasteiger charge is 2.52. The van der Waals surface area contributed by atoms with E-state index in [1.165, 1.54) is 12.8 Å². The summed E-state index contributed by atoms with van der Waals surface area (Å²) in [4.78, 5) is 17.1. The van der Waals surface area contributed by atoms with Crippen LogP contribution < -0.4 is 10.6 Å². The molecule has 182 valence electrons. The van der Waals surface area contributed by atoms with Crippen molar-refractivity contribution in [2.75, 3.05) is 6.61 Å². The van der Waals surface area contributed by atoms with Gasteiger partial charge in [-0.2, -0.15) is 0 Å². The number of nitrogens with one attached hydrogen (secondary N) is 2. The predicted molar refractivity (Wildman–Crippen MR) is 131 cm³/mol. The summed E-state index contributed by atoms with van der Waals surface area (Å²) in [6.07, 6.45) is 4.59. The van der Waals surface area contributed by atoms with Crippen LogP contribution in [0.5, 0.6) is 0 Å². The molecule has 1 saturated heterocycles.